The quantitative estimate of drug-likeness (QED) is 0.738. The molecule has 2 aromatic rings. The minimum Gasteiger partial charge on any atom is -0.493 e. The number of rotatable bonds is 1. The van der Waals surface area contributed by atoms with E-state index in [0.717, 1.165) is 5.39 Å². The molecule has 0 atom stereocenters. The van der Waals surface area contributed by atoms with E-state index in [4.69, 9.17) is 16.3 Å². The van der Waals surface area contributed by atoms with Crippen molar-refractivity contribution < 1.29 is 4.74 Å². The fraction of sp³-hybridized carbons (Fsp3) is 0.182. The second-order valence-corrected chi connectivity index (χ2v) is 3.59. The molecule has 0 saturated heterocycles. The van der Waals surface area contributed by atoms with Crippen molar-refractivity contribution in [3.05, 3.63) is 39.8 Å². The Morgan fingerprint density at radius 2 is 1.81 bits per heavy atom. The Bertz CT molecular complexity index is 578. The minimum atomic E-state index is -0.114. The van der Waals surface area contributed by atoms with E-state index < -0.39 is 0 Å². The lowest BCUT2D eigenvalue weighted by Gasteiger charge is -2.10. The Morgan fingerprint density at radius 3 is 2.38 bits per heavy atom. The molecule has 2 rings (SSSR count). The molecular weight excluding hydrogens is 249 g/mol. The molecule has 86 valence electrons. The van der Waals surface area contributed by atoms with Crippen molar-refractivity contribution in [1.29, 1.82) is 0 Å². The van der Waals surface area contributed by atoms with Crippen molar-refractivity contribution in [3.63, 3.8) is 0 Å². The van der Waals surface area contributed by atoms with Gasteiger partial charge in [-0.1, -0.05) is 29.8 Å². The third-order valence-electron chi connectivity index (χ3n) is 2.39. The molecule has 16 heavy (non-hydrogen) atoms. The van der Waals surface area contributed by atoms with Crippen LogP contribution in [0.15, 0.2) is 29.1 Å². The van der Waals surface area contributed by atoms with Crippen molar-refractivity contribution in [2.75, 3.05) is 7.11 Å². The molecule has 0 aliphatic heterocycles. The molecule has 0 unspecified atom stereocenters. The van der Waals surface area contributed by atoms with Gasteiger partial charge >= 0.3 is 0 Å². The summed E-state index contributed by atoms with van der Waals surface area (Å²) in [6.07, 6.45) is 0. The molecule has 1 aromatic heterocycles. The molecule has 0 saturated carbocycles. The number of hydrogen-bond donors (Lipinski definition) is 0. The maximum Gasteiger partial charge on any atom is 0.259 e. The summed E-state index contributed by atoms with van der Waals surface area (Å²) in [6.45, 7) is 0. The van der Waals surface area contributed by atoms with Gasteiger partial charge in [0.15, 0.2) is 10.9 Å². The smallest absolute Gasteiger partial charge is 0.259 e. The van der Waals surface area contributed by atoms with Crippen molar-refractivity contribution in [1.82, 2.24) is 4.57 Å². The Hall–Kier alpha value is -1.19. The largest absolute Gasteiger partial charge is 0.493 e. The zero-order chi connectivity index (χ0) is 11.0. The average Bonchev–Trinajstić information content (AvgIpc) is 2.27. The molecule has 0 aliphatic rings. The van der Waals surface area contributed by atoms with Gasteiger partial charge in [0.1, 0.15) is 0 Å². The molecule has 0 fully saturated rings. The number of halogens is 2. The highest BCUT2D eigenvalue weighted by molar-refractivity contribution is 6.32. The normalized spacial score (nSPS) is 9.94. The van der Waals surface area contributed by atoms with Crippen LogP contribution in [0.25, 0.3) is 10.8 Å². The van der Waals surface area contributed by atoms with Gasteiger partial charge in [0.05, 0.1) is 12.5 Å². The van der Waals surface area contributed by atoms with E-state index in [1.54, 1.807) is 13.1 Å². The standard InChI is InChI=1S/C11H10ClNO2.ClH/c1-13-10(12)9(15-2)7-5-3-4-6-8(7)11(13)14;/h3-6H,1-2H3;1H. The Balaban J connectivity index is 0.00000128. The zero-order valence-electron chi connectivity index (χ0n) is 8.86. The number of hydrogen-bond acceptors (Lipinski definition) is 2. The van der Waals surface area contributed by atoms with Crippen LogP contribution in [-0.4, -0.2) is 11.7 Å². The summed E-state index contributed by atoms with van der Waals surface area (Å²) in [6, 6.07) is 7.25. The summed E-state index contributed by atoms with van der Waals surface area (Å²) in [5.41, 5.74) is -0.114. The van der Waals surface area contributed by atoms with Gasteiger partial charge in [-0.15, -0.1) is 12.4 Å². The summed E-state index contributed by atoms with van der Waals surface area (Å²) >= 11 is 6.02. The van der Waals surface area contributed by atoms with E-state index in [2.05, 4.69) is 0 Å². The summed E-state index contributed by atoms with van der Waals surface area (Å²) in [4.78, 5) is 11.8. The molecule has 1 aromatic carbocycles. The second-order valence-electron chi connectivity index (χ2n) is 3.23. The van der Waals surface area contributed by atoms with Gasteiger partial charge in [-0.25, -0.2) is 0 Å². The van der Waals surface area contributed by atoms with Crippen LogP contribution in [0.2, 0.25) is 5.15 Å². The number of benzene rings is 1. The van der Waals surface area contributed by atoms with E-state index in [9.17, 15) is 4.79 Å². The lowest BCUT2D eigenvalue weighted by atomic mass is 10.1. The lowest BCUT2D eigenvalue weighted by Crippen LogP contribution is -2.18. The van der Waals surface area contributed by atoms with Gasteiger partial charge in [-0.2, -0.15) is 0 Å². The van der Waals surface area contributed by atoms with Crippen LogP contribution < -0.4 is 10.3 Å². The van der Waals surface area contributed by atoms with E-state index in [-0.39, 0.29) is 18.0 Å². The monoisotopic (exact) mass is 259 g/mol. The molecule has 0 spiro atoms. The summed E-state index contributed by atoms with van der Waals surface area (Å²) < 4.78 is 6.58. The van der Waals surface area contributed by atoms with Crippen LogP contribution in [0.3, 0.4) is 0 Å². The second kappa shape index (κ2) is 4.76. The third-order valence-corrected chi connectivity index (χ3v) is 2.82. The zero-order valence-corrected chi connectivity index (χ0v) is 10.4. The number of pyridine rings is 1. The molecule has 0 amide bonds. The predicted molar refractivity (Wildman–Crippen MR) is 68.0 cm³/mol. The molecule has 5 heteroatoms. The molecule has 0 aliphatic carbocycles. The summed E-state index contributed by atoms with van der Waals surface area (Å²) in [5, 5.41) is 1.68. The fourth-order valence-electron chi connectivity index (χ4n) is 1.60. The van der Waals surface area contributed by atoms with Crippen molar-refractivity contribution in [2.24, 2.45) is 7.05 Å². The van der Waals surface area contributed by atoms with Crippen molar-refractivity contribution in [2.45, 2.75) is 0 Å². The highest BCUT2D eigenvalue weighted by Gasteiger charge is 2.12. The van der Waals surface area contributed by atoms with Gasteiger partial charge in [-0.05, 0) is 6.07 Å². The number of methoxy groups -OCH3 is 1. The highest BCUT2D eigenvalue weighted by Crippen LogP contribution is 2.30. The molecule has 0 radical (unpaired) electrons. The van der Waals surface area contributed by atoms with E-state index in [1.807, 2.05) is 18.2 Å². The Morgan fingerprint density at radius 1 is 1.25 bits per heavy atom. The first-order valence-corrected chi connectivity index (χ1v) is 4.86. The average molecular weight is 260 g/mol. The maximum absolute atomic E-state index is 11.8. The number of fused-ring (bicyclic) bond motifs is 1. The van der Waals surface area contributed by atoms with Crippen molar-refractivity contribution in [3.8, 4) is 5.75 Å². The molecular formula is C11H11Cl2NO2. The van der Waals surface area contributed by atoms with Crippen LogP contribution in [0, 0.1) is 0 Å². The van der Waals surface area contributed by atoms with Gasteiger partial charge < -0.3 is 4.74 Å². The van der Waals surface area contributed by atoms with Gasteiger partial charge in [0.2, 0.25) is 0 Å². The molecule has 0 bridgehead atoms. The van der Waals surface area contributed by atoms with Crippen LogP contribution in [-0.2, 0) is 7.05 Å². The Labute approximate surface area is 104 Å². The summed E-state index contributed by atoms with van der Waals surface area (Å²) in [5.74, 6) is 0.536. The minimum absolute atomic E-state index is 0. The first kappa shape index (κ1) is 12.9. The number of aromatic nitrogens is 1. The molecule has 3 nitrogen and oxygen atoms in total. The number of nitrogens with zero attached hydrogens (tertiary/aromatic N) is 1. The molecule has 0 N–H and O–H groups in total. The first-order chi connectivity index (χ1) is 7.16. The van der Waals surface area contributed by atoms with Gasteiger partial charge in [0.25, 0.3) is 5.56 Å². The van der Waals surface area contributed by atoms with Crippen LogP contribution in [0.4, 0.5) is 0 Å². The Kier molecular flexibility index (Phi) is 3.83. The third kappa shape index (κ3) is 1.77. The highest BCUT2D eigenvalue weighted by atomic mass is 35.5. The van der Waals surface area contributed by atoms with E-state index in [1.165, 1.54) is 11.7 Å². The van der Waals surface area contributed by atoms with E-state index >= 15 is 0 Å². The van der Waals surface area contributed by atoms with Gasteiger partial charge in [-0.3, -0.25) is 9.36 Å². The predicted octanol–water partition coefficient (Wildman–Crippen LogP) is 2.62. The maximum atomic E-state index is 11.8. The topological polar surface area (TPSA) is 31.2 Å². The van der Waals surface area contributed by atoms with Gasteiger partial charge in [0, 0.05) is 12.4 Å². The number of ether oxygens (including phenoxy) is 1. The first-order valence-electron chi connectivity index (χ1n) is 4.48. The van der Waals surface area contributed by atoms with Crippen LogP contribution in [0.1, 0.15) is 0 Å². The molecule has 1 heterocycles. The SMILES string of the molecule is COc1c(Cl)n(C)c(=O)c2ccccc12.Cl. The fourth-order valence-corrected chi connectivity index (χ4v) is 1.85. The van der Waals surface area contributed by atoms with Crippen molar-refractivity contribution >= 4 is 34.8 Å². The summed E-state index contributed by atoms with van der Waals surface area (Å²) in [7, 11) is 3.16. The van der Waals surface area contributed by atoms with Crippen LogP contribution >= 0.6 is 24.0 Å². The van der Waals surface area contributed by atoms with E-state index in [0.29, 0.717) is 16.3 Å². The lowest BCUT2D eigenvalue weighted by molar-refractivity contribution is 0.415. The van der Waals surface area contributed by atoms with Crippen LogP contribution in [0.5, 0.6) is 5.75 Å².